The van der Waals surface area contributed by atoms with Gasteiger partial charge in [-0.05, 0) is 48.5 Å². The van der Waals surface area contributed by atoms with E-state index in [1.165, 1.54) is 20.8 Å². The Labute approximate surface area is 713 Å². The van der Waals surface area contributed by atoms with Crippen molar-refractivity contribution in [3.05, 3.63) is 87.1 Å². The summed E-state index contributed by atoms with van der Waals surface area (Å²) in [6.45, 7) is 43.9. The topological polar surface area (TPSA) is 552 Å². The minimum Gasteiger partial charge on any atom is -0.463 e. The fraction of sp³-hybridized carbons (Fsp3) is 0.573. The Balaban J connectivity index is 0.000000724. The lowest BCUT2D eigenvalue weighted by Gasteiger charge is -2.21. The first kappa shape index (κ1) is 109. The lowest BCUT2D eigenvalue weighted by atomic mass is 9.90. The number of hydrogen-bond donors (Lipinski definition) is 0. The van der Waals surface area contributed by atoms with Crippen LogP contribution in [-0.2, 0) is 200 Å². The summed E-state index contributed by atoms with van der Waals surface area (Å²) in [4.78, 5) is 234. The summed E-state index contributed by atoms with van der Waals surface area (Å²) in [5.41, 5.74) is -1.53. The van der Waals surface area contributed by atoms with Gasteiger partial charge < -0.3 is 99.5 Å². The Hall–Kier alpha value is -12.9. The first-order valence-corrected chi connectivity index (χ1v) is 38.1. The van der Waals surface area contributed by atoms with Gasteiger partial charge in [-0.2, -0.15) is 0 Å². The summed E-state index contributed by atoms with van der Waals surface area (Å²) < 4.78 is 101. The molecule has 7 heterocycles. The fourth-order valence-electron chi connectivity index (χ4n) is 9.50. The highest BCUT2D eigenvalue weighted by Gasteiger charge is 2.49. The van der Waals surface area contributed by atoms with Gasteiger partial charge in [0.25, 0.3) is 0 Å². The van der Waals surface area contributed by atoms with Crippen molar-refractivity contribution in [1.29, 1.82) is 0 Å². The molecular weight excluding hydrogens is 1660 g/mol. The average molecular weight is 1770 g/mol. The van der Waals surface area contributed by atoms with Gasteiger partial charge in [0.15, 0.2) is 0 Å². The molecule has 0 aromatic rings. The van der Waals surface area contributed by atoms with Gasteiger partial charge in [-0.1, -0.05) is 80.7 Å². The van der Waals surface area contributed by atoms with E-state index in [1.54, 1.807) is 62.3 Å². The van der Waals surface area contributed by atoms with E-state index in [2.05, 4.69) is 74.5 Å². The van der Waals surface area contributed by atoms with Gasteiger partial charge in [0, 0.05) is 83.5 Å². The molecule has 0 aromatic carbocycles. The molecule has 8 atom stereocenters. The van der Waals surface area contributed by atoms with E-state index in [0.29, 0.717) is 25.7 Å². The third-order valence-corrected chi connectivity index (χ3v) is 16.1. The second-order valence-electron chi connectivity index (χ2n) is 29.5. The molecule has 0 amide bonds. The SMILES string of the molecule is C=C(C)C(=O)OCCC(=O)OC1C(=O)OCC1(C)C.C=C(C)C(=O)OCCC(=O)OC1CC(C)(C)OC1=O.C=C(C)C(=O)OCCC(=O)OC1CCOC1=O.C=CC(=O)OCCC(=O)OC1C(=O)OCC1(C)C.C=CC(=O)OCCC(=O)OC1C(=O)OCC1C.C=CC(=O)OCCC(=O)OC1CC(C)(C)OC1=O.C=CC(=O)OCCC(=O)OC1CCOC1=O. The maximum absolute atomic E-state index is 11.5. The minimum atomic E-state index is -0.906. The molecule has 7 saturated heterocycles. The van der Waals surface area contributed by atoms with Gasteiger partial charge in [-0.15, -0.1) is 0 Å². The molecule has 0 N–H and O–H groups in total. The molecule has 0 radical (unpaired) electrons. The summed E-state index contributed by atoms with van der Waals surface area (Å²) in [5, 5.41) is 0. The Bertz CT molecular complexity index is 3940. The summed E-state index contributed by atoms with van der Waals surface area (Å²) >= 11 is 0. The third-order valence-electron chi connectivity index (χ3n) is 16.1. The summed E-state index contributed by atoms with van der Waals surface area (Å²) in [7, 11) is 0. The number of esters is 21. The average Bonchev–Trinajstić information content (AvgIpc) is 1.69. The van der Waals surface area contributed by atoms with E-state index in [4.69, 9.17) is 71.1 Å². The third kappa shape index (κ3) is 44.0. The summed E-state index contributed by atoms with van der Waals surface area (Å²) in [6, 6.07) is 0. The Morgan fingerprint density at radius 3 is 0.806 bits per heavy atom. The zero-order valence-corrected chi connectivity index (χ0v) is 71.3. The molecule has 0 aliphatic carbocycles. The molecule has 124 heavy (non-hydrogen) atoms. The molecule has 8 unspecified atom stereocenters. The van der Waals surface area contributed by atoms with Crippen molar-refractivity contribution in [2.24, 2.45) is 16.7 Å². The molecule has 42 heteroatoms. The Morgan fingerprint density at radius 1 is 0.339 bits per heavy atom. The maximum Gasteiger partial charge on any atom is 0.348 e. The standard InChI is InChI=1S/2C13H18O6.2C12H16O6.2C11H14O6.C10H12O6/c1-8(2)11(15)17-6-5-10(14)18-9-7-13(3,4)19-12(9)16;1-8(2)11(15)17-6-5-9(14)19-10-12(16)18-7-13(10,3)4;1-4-9(13)16-6-5-10(14)17-8-7-12(2,3)18-11(8)15;1-4-8(13)16-6-5-9(14)18-10-11(15)17-7-12(10,2)3;1-7(2)10(13)15-6-4-9(12)17-8-3-5-16-11(8)14;1-3-8(12)15-5-4-9(13)17-10-7(2)6-16-11(10)14;1-2-8(11)14-6-4-9(12)16-7-3-5-15-10(7)13/h9H,1,5-7H2,2-4H3;10H,1,5-7H2,2-4H3;4,8H,1,5-7H2,2-3H3;4,10H,1,5-7H2,2-3H3;8H,1,3-6H2,2H3;3,7,10H,1,4-6H2,2H3;2,7H,1,3-6H2. The smallest absolute Gasteiger partial charge is 0.348 e. The number of hydrogen-bond acceptors (Lipinski definition) is 42. The highest BCUT2D eigenvalue weighted by Crippen LogP contribution is 2.33. The van der Waals surface area contributed by atoms with Crippen molar-refractivity contribution in [3.8, 4) is 0 Å². The van der Waals surface area contributed by atoms with Gasteiger partial charge in [-0.3, -0.25) is 33.6 Å². The van der Waals surface area contributed by atoms with Crippen LogP contribution in [0.25, 0.3) is 0 Å². The molecule has 0 aromatic heterocycles. The van der Waals surface area contributed by atoms with Gasteiger partial charge in [0.05, 0.1) is 64.8 Å². The summed E-state index contributed by atoms with van der Waals surface area (Å²) in [5.74, 6) is -12.2. The van der Waals surface area contributed by atoms with Crippen molar-refractivity contribution in [2.45, 2.75) is 208 Å². The van der Waals surface area contributed by atoms with Gasteiger partial charge in [0.1, 0.15) is 70.7 Å². The van der Waals surface area contributed by atoms with Crippen molar-refractivity contribution in [1.82, 2.24) is 0 Å². The zero-order valence-electron chi connectivity index (χ0n) is 71.3. The zero-order chi connectivity index (χ0) is 94.4. The lowest BCUT2D eigenvalue weighted by Crippen LogP contribution is -2.35. The highest BCUT2D eigenvalue weighted by atomic mass is 16.7. The molecule has 42 nitrogen and oxygen atoms in total. The molecule has 7 aliphatic heterocycles. The van der Waals surface area contributed by atoms with Gasteiger partial charge in [0.2, 0.25) is 42.7 Å². The number of ether oxygens (including phenoxy) is 21. The second kappa shape index (κ2) is 54.4. The molecular formula is C82H108O42. The van der Waals surface area contributed by atoms with Crippen molar-refractivity contribution in [3.63, 3.8) is 0 Å². The molecule has 7 rings (SSSR count). The molecule has 0 spiro atoms. The monoisotopic (exact) mass is 1760 g/mol. The van der Waals surface area contributed by atoms with Crippen LogP contribution in [0.1, 0.15) is 154 Å². The van der Waals surface area contributed by atoms with Crippen LogP contribution in [0.5, 0.6) is 0 Å². The normalized spacial score (nSPS) is 20.5. The molecule has 0 saturated carbocycles. The van der Waals surface area contributed by atoms with Crippen molar-refractivity contribution < 1.29 is 200 Å². The van der Waals surface area contributed by atoms with E-state index in [-0.39, 0.29) is 147 Å². The van der Waals surface area contributed by atoms with E-state index in [1.807, 2.05) is 0 Å². The van der Waals surface area contributed by atoms with Crippen LogP contribution in [0.4, 0.5) is 0 Å². The molecule has 7 fully saturated rings. The molecule has 688 valence electrons. The highest BCUT2D eigenvalue weighted by molar-refractivity contribution is 5.90. The predicted octanol–water partition coefficient (Wildman–Crippen LogP) is 4.00. The van der Waals surface area contributed by atoms with Crippen molar-refractivity contribution in [2.75, 3.05) is 79.3 Å². The van der Waals surface area contributed by atoms with Crippen LogP contribution in [-0.4, -0.2) is 259 Å². The molecule has 7 aliphatic rings. The van der Waals surface area contributed by atoms with Crippen LogP contribution in [0.3, 0.4) is 0 Å². The minimum absolute atomic E-state index is 0.0910. The number of rotatable bonds is 35. The lowest BCUT2D eigenvalue weighted by molar-refractivity contribution is -0.164. The van der Waals surface area contributed by atoms with E-state index < -0.39 is 190 Å². The largest absolute Gasteiger partial charge is 0.463 e. The van der Waals surface area contributed by atoms with E-state index in [0.717, 1.165) is 24.3 Å². The molecule has 0 bridgehead atoms. The van der Waals surface area contributed by atoms with Crippen LogP contribution < -0.4 is 0 Å². The Morgan fingerprint density at radius 2 is 0.597 bits per heavy atom. The maximum atomic E-state index is 11.5. The van der Waals surface area contributed by atoms with Crippen LogP contribution in [0.15, 0.2) is 87.1 Å². The van der Waals surface area contributed by atoms with E-state index >= 15 is 0 Å². The predicted molar refractivity (Wildman–Crippen MR) is 414 cm³/mol. The first-order chi connectivity index (χ1) is 57.8. The number of carbonyl (C=O) groups is 21. The first-order valence-electron chi connectivity index (χ1n) is 38.1. The van der Waals surface area contributed by atoms with Crippen LogP contribution >= 0.6 is 0 Å². The second-order valence-corrected chi connectivity index (χ2v) is 29.5. The van der Waals surface area contributed by atoms with E-state index in [9.17, 15) is 101 Å². The number of carbonyl (C=O) groups excluding carboxylic acids is 21. The number of cyclic esters (lactones) is 7. The van der Waals surface area contributed by atoms with Crippen molar-refractivity contribution >= 4 is 125 Å². The van der Waals surface area contributed by atoms with Gasteiger partial charge in [-0.25, -0.2) is 67.1 Å². The van der Waals surface area contributed by atoms with Crippen LogP contribution in [0.2, 0.25) is 0 Å². The fourth-order valence-corrected chi connectivity index (χ4v) is 9.50. The van der Waals surface area contributed by atoms with Crippen LogP contribution in [0, 0.1) is 16.7 Å². The Kier molecular flexibility index (Phi) is 47.9. The quantitative estimate of drug-likeness (QED) is 0.0491. The summed E-state index contributed by atoms with van der Waals surface area (Å²) in [6.07, 6.45) is -1.38. The van der Waals surface area contributed by atoms with Gasteiger partial charge >= 0.3 is 125 Å².